The third kappa shape index (κ3) is 3.72. The van der Waals surface area contributed by atoms with Gasteiger partial charge in [0.2, 0.25) is 5.91 Å². The van der Waals surface area contributed by atoms with E-state index in [2.05, 4.69) is 10.6 Å². The molecule has 0 bridgehead atoms. The van der Waals surface area contributed by atoms with Crippen molar-refractivity contribution in [1.29, 1.82) is 0 Å². The Morgan fingerprint density at radius 2 is 1.95 bits per heavy atom. The number of piperidine rings is 1. The molecule has 6 heteroatoms. The van der Waals surface area contributed by atoms with Gasteiger partial charge in [-0.15, -0.1) is 0 Å². The molecular formula is C14H17F3N2O. The van der Waals surface area contributed by atoms with Gasteiger partial charge in [0.15, 0.2) is 0 Å². The minimum Gasteiger partial charge on any atom is -0.355 e. The largest absolute Gasteiger partial charge is 0.416 e. The summed E-state index contributed by atoms with van der Waals surface area (Å²) in [4.78, 5) is 11.1. The molecule has 1 amide bonds. The number of amides is 1. The molecular weight excluding hydrogens is 269 g/mol. The van der Waals surface area contributed by atoms with E-state index in [1.54, 1.807) is 0 Å². The zero-order valence-corrected chi connectivity index (χ0v) is 11.1. The molecule has 0 spiro atoms. The molecule has 2 N–H and O–H groups in total. The molecule has 2 rings (SSSR count). The quantitative estimate of drug-likeness (QED) is 0.897. The van der Waals surface area contributed by atoms with Gasteiger partial charge in [-0.3, -0.25) is 4.79 Å². The summed E-state index contributed by atoms with van der Waals surface area (Å²) >= 11 is 0. The van der Waals surface area contributed by atoms with Crippen LogP contribution in [-0.2, 0) is 11.0 Å². The van der Waals surface area contributed by atoms with Crippen LogP contribution in [0.25, 0.3) is 0 Å². The van der Waals surface area contributed by atoms with E-state index >= 15 is 0 Å². The fraction of sp³-hybridized carbons (Fsp3) is 0.500. The second kappa shape index (κ2) is 5.83. The second-order valence-electron chi connectivity index (χ2n) is 5.05. The molecule has 2 atom stereocenters. The van der Waals surface area contributed by atoms with Gasteiger partial charge in [0.25, 0.3) is 0 Å². The van der Waals surface area contributed by atoms with Crippen LogP contribution in [0, 0.1) is 0 Å². The number of benzene rings is 1. The number of hydrogen-bond acceptors (Lipinski definition) is 2. The van der Waals surface area contributed by atoms with Crippen LogP contribution in [0.4, 0.5) is 13.2 Å². The smallest absolute Gasteiger partial charge is 0.355 e. The maximum Gasteiger partial charge on any atom is 0.416 e. The predicted octanol–water partition coefficient (Wildman–Crippen LogP) is 2.63. The lowest BCUT2D eigenvalue weighted by molar-refractivity contribution is -0.137. The van der Waals surface area contributed by atoms with E-state index in [4.69, 9.17) is 0 Å². The first-order valence-electron chi connectivity index (χ1n) is 6.56. The van der Waals surface area contributed by atoms with Crippen molar-refractivity contribution in [1.82, 2.24) is 10.6 Å². The summed E-state index contributed by atoms with van der Waals surface area (Å²) in [5.74, 6) is 0.0465. The van der Waals surface area contributed by atoms with Crippen molar-refractivity contribution in [3.05, 3.63) is 35.4 Å². The number of carbonyl (C=O) groups is 1. The van der Waals surface area contributed by atoms with E-state index in [0.29, 0.717) is 13.0 Å². The lowest BCUT2D eigenvalue weighted by Gasteiger charge is -2.27. The zero-order valence-electron chi connectivity index (χ0n) is 11.1. The van der Waals surface area contributed by atoms with E-state index in [1.165, 1.54) is 12.1 Å². The SMILES string of the molecule is CC(NC1CCC(=O)NC1)c1ccc(C(F)(F)F)cc1. The van der Waals surface area contributed by atoms with Gasteiger partial charge < -0.3 is 10.6 Å². The molecule has 1 heterocycles. The van der Waals surface area contributed by atoms with E-state index < -0.39 is 11.7 Å². The van der Waals surface area contributed by atoms with E-state index in [1.807, 2.05) is 6.92 Å². The van der Waals surface area contributed by atoms with Crippen molar-refractivity contribution in [2.75, 3.05) is 6.54 Å². The standard InChI is InChI=1S/C14H17F3N2O/c1-9(19-12-6-7-13(20)18-8-12)10-2-4-11(5-3-10)14(15,16)17/h2-5,9,12,19H,6-8H2,1H3,(H,18,20). The van der Waals surface area contributed by atoms with Gasteiger partial charge in [0.05, 0.1) is 5.56 Å². The molecule has 20 heavy (non-hydrogen) atoms. The van der Waals surface area contributed by atoms with Gasteiger partial charge in [-0.2, -0.15) is 13.2 Å². The normalized spacial score (nSPS) is 21.4. The molecule has 2 unspecified atom stereocenters. The Hall–Kier alpha value is -1.56. The Kier molecular flexibility index (Phi) is 4.32. The highest BCUT2D eigenvalue weighted by Gasteiger charge is 2.30. The summed E-state index contributed by atoms with van der Waals surface area (Å²) in [5.41, 5.74) is 0.160. The first kappa shape index (κ1) is 14.8. The van der Waals surface area contributed by atoms with Crippen LogP contribution in [0.3, 0.4) is 0 Å². The molecule has 1 aromatic carbocycles. The number of alkyl halides is 3. The molecule has 0 aliphatic carbocycles. The molecule has 1 aromatic rings. The Bertz CT molecular complexity index is 460. The maximum atomic E-state index is 12.5. The summed E-state index contributed by atoms with van der Waals surface area (Å²) in [7, 11) is 0. The topological polar surface area (TPSA) is 41.1 Å². The zero-order chi connectivity index (χ0) is 14.8. The Balaban J connectivity index is 1.95. The van der Waals surface area contributed by atoms with Crippen molar-refractivity contribution < 1.29 is 18.0 Å². The lowest BCUT2D eigenvalue weighted by Crippen LogP contribution is -2.46. The van der Waals surface area contributed by atoms with Crippen molar-refractivity contribution in [2.24, 2.45) is 0 Å². The van der Waals surface area contributed by atoms with Crippen LogP contribution >= 0.6 is 0 Å². The first-order chi connectivity index (χ1) is 9.36. The number of nitrogens with one attached hydrogen (secondary N) is 2. The summed E-state index contributed by atoms with van der Waals surface area (Å²) in [6, 6.07) is 5.26. The van der Waals surface area contributed by atoms with E-state index in [9.17, 15) is 18.0 Å². The Morgan fingerprint density at radius 3 is 2.45 bits per heavy atom. The highest BCUT2D eigenvalue weighted by Crippen LogP contribution is 2.30. The number of halogens is 3. The van der Waals surface area contributed by atoms with Gasteiger partial charge in [-0.25, -0.2) is 0 Å². The average molecular weight is 286 g/mol. The monoisotopic (exact) mass is 286 g/mol. The molecule has 110 valence electrons. The number of carbonyl (C=O) groups excluding carboxylic acids is 1. The van der Waals surface area contributed by atoms with E-state index in [0.717, 1.165) is 24.1 Å². The number of rotatable bonds is 3. The number of hydrogen-bond donors (Lipinski definition) is 2. The van der Waals surface area contributed by atoms with Crippen LogP contribution < -0.4 is 10.6 Å². The predicted molar refractivity (Wildman–Crippen MR) is 69.0 cm³/mol. The molecule has 3 nitrogen and oxygen atoms in total. The molecule has 0 radical (unpaired) electrons. The minimum atomic E-state index is -4.30. The van der Waals surface area contributed by atoms with Crippen LogP contribution in [0.1, 0.15) is 36.9 Å². The summed E-state index contributed by atoms with van der Waals surface area (Å²) in [5, 5.41) is 6.09. The molecule has 1 saturated heterocycles. The van der Waals surface area contributed by atoms with E-state index in [-0.39, 0.29) is 18.0 Å². The highest BCUT2D eigenvalue weighted by molar-refractivity contribution is 5.76. The fourth-order valence-corrected chi connectivity index (χ4v) is 2.29. The molecule has 0 aromatic heterocycles. The third-order valence-electron chi connectivity index (χ3n) is 3.49. The van der Waals surface area contributed by atoms with Crippen LogP contribution in [-0.4, -0.2) is 18.5 Å². The maximum absolute atomic E-state index is 12.5. The Labute approximate surface area is 115 Å². The van der Waals surface area contributed by atoms with Gasteiger partial charge >= 0.3 is 6.18 Å². The molecule has 0 saturated carbocycles. The van der Waals surface area contributed by atoms with Crippen LogP contribution in [0.5, 0.6) is 0 Å². The lowest BCUT2D eigenvalue weighted by atomic mass is 10.0. The highest BCUT2D eigenvalue weighted by atomic mass is 19.4. The van der Waals surface area contributed by atoms with Gasteiger partial charge in [0, 0.05) is 25.0 Å². The van der Waals surface area contributed by atoms with Crippen LogP contribution in [0.2, 0.25) is 0 Å². The average Bonchev–Trinajstić information content (AvgIpc) is 2.40. The first-order valence-corrected chi connectivity index (χ1v) is 6.56. The van der Waals surface area contributed by atoms with Crippen molar-refractivity contribution in [3.8, 4) is 0 Å². The van der Waals surface area contributed by atoms with Gasteiger partial charge in [-0.1, -0.05) is 12.1 Å². The minimum absolute atomic E-state index is 0.0465. The summed E-state index contributed by atoms with van der Waals surface area (Å²) in [6.45, 7) is 2.46. The van der Waals surface area contributed by atoms with Crippen molar-refractivity contribution in [2.45, 2.75) is 38.0 Å². The Morgan fingerprint density at radius 1 is 1.30 bits per heavy atom. The third-order valence-corrected chi connectivity index (χ3v) is 3.49. The van der Waals surface area contributed by atoms with Crippen LogP contribution in [0.15, 0.2) is 24.3 Å². The summed E-state index contributed by atoms with van der Waals surface area (Å²) in [6.07, 6.45) is -3.07. The van der Waals surface area contributed by atoms with Gasteiger partial charge in [-0.05, 0) is 31.0 Å². The molecule has 1 aliphatic heterocycles. The van der Waals surface area contributed by atoms with Gasteiger partial charge in [0.1, 0.15) is 0 Å². The molecule has 1 fully saturated rings. The second-order valence-corrected chi connectivity index (χ2v) is 5.05. The molecule has 1 aliphatic rings. The van der Waals surface area contributed by atoms with Crippen molar-refractivity contribution >= 4 is 5.91 Å². The van der Waals surface area contributed by atoms with Crippen molar-refractivity contribution in [3.63, 3.8) is 0 Å². The fourth-order valence-electron chi connectivity index (χ4n) is 2.29. The summed E-state index contributed by atoms with van der Waals surface area (Å²) < 4.78 is 37.4.